The van der Waals surface area contributed by atoms with Gasteiger partial charge in [0.05, 0.1) is 6.61 Å². The van der Waals surface area contributed by atoms with E-state index in [1.54, 1.807) is 6.07 Å². The Labute approximate surface area is 107 Å². The van der Waals surface area contributed by atoms with Crippen molar-refractivity contribution in [2.45, 2.75) is 32.7 Å². The van der Waals surface area contributed by atoms with E-state index in [4.69, 9.17) is 4.74 Å². The zero-order chi connectivity index (χ0) is 13.4. The first-order chi connectivity index (χ1) is 8.67. The summed E-state index contributed by atoms with van der Waals surface area (Å²) in [5, 5.41) is 3.28. The average molecular weight is 257 g/mol. The van der Waals surface area contributed by atoms with Crippen molar-refractivity contribution in [3.63, 3.8) is 0 Å². The summed E-state index contributed by atoms with van der Waals surface area (Å²) >= 11 is 0. The number of ether oxygens (including phenoxy) is 1. The second-order valence-electron chi connectivity index (χ2n) is 4.28. The van der Waals surface area contributed by atoms with Gasteiger partial charge in [-0.15, -0.1) is 0 Å². The zero-order valence-corrected chi connectivity index (χ0v) is 11.0. The fourth-order valence-electron chi connectivity index (χ4n) is 1.80. The van der Waals surface area contributed by atoms with Crippen LogP contribution in [-0.4, -0.2) is 25.8 Å². The molecular formula is C14H21F2NO. The summed E-state index contributed by atoms with van der Waals surface area (Å²) in [6.07, 6.45) is 1.61. The summed E-state index contributed by atoms with van der Waals surface area (Å²) in [4.78, 5) is 0. The molecule has 0 bridgehead atoms. The molecular weight excluding hydrogens is 236 g/mol. The van der Waals surface area contributed by atoms with Gasteiger partial charge in [-0.3, -0.25) is 0 Å². The number of rotatable bonds is 8. The highest BCUT2D eigenvalue weighted by molar-refractivity contribution is 5.18. The van der Waals surface area contributed by atoms with Crippen molar-refractivity contribution < 1.29 is 13.5 Å². The predicted molar refractivity (Wildman–Crippen MR) is 68.6 cm³/mol. The fraction of sp³-hybridized carbons (Fsp3) is 0.571. The predicted octanol–water partition coefficient (Wildman–Crippen LogP) is 2.91. The Balaban J connectivity index is 2.55. The van der Waals surface area contributed by atoms with Crippen LogP contribution in [0.4, 0.5) is 8.78 Å². The van der Waals surface area contributed by atoms with Gasteiger partial charge in [0.25, 0.3) is 0 Å². The van der Waals surface area contributed by atoms with Gasteiger partial charge in [0.15, 0.2) is 11.6 Å². The number of hydrogen-bond acceptors (Lipinski definition) is 2. The van der Waals surface area contributed by atoms with E-state index >= 15 is 0 Å². The van der Waals surface area contributed by atoms with Crippen LogP contribution in [0.25, 0.3) is 0 Å². The van der Waals surface area contributed by atoms with Crippen LogP contribution in [0.2, 0.25) is 0 Å². The zero-order valence-electron chi connectivity index (χ0n) is 11.0. The fourth-order valence-corrected chi connectivity index (χ4v) is 1.80. The third-order valence-corrected chi connectivity index (χ3v) is 2.63. The minimum atomic E-state index is -0.805. The number of benzene rings is 1. The van der Waals surface area contributed by atoms with Crippen LogP contribution in [0.5, 0.6) is 0 Å². The van der Waals surface area contributed by atoms with Crippen molar-refractivity contribution in [1.29, 1.82) is 0 Å². The van der Waals surface area contributed by atoms with Crippen molar-refractivity contribution in [3.05, 3.63) is 35.4 Å². The maximum atomic E-state index is 13.1. The van der Waals surface area contributed by atoms with Crippen LogP contribution in [0.1, 0.15) is 25.8 Å². The Morgan fingerprint density at radius 2 is 2.00 bits per heavy atom. The highest BCUT2D eigenvalue weighted by Crippen LogP contribution is 2.10. The van der Waals surface area contributed by atoms with Crippen LogP contribution in [0.15, 0.2) is 18.2 Å². The van der Waals surface area contributed by atoms with Gasteiger partial charge in [-0.05, 0) is 37.1 Å². The lowest BCUT2D eigenvalue weighted by atomic mass is 10.1. The summed E-state index contributed by atoms with van der Waals surface area (Å²) in [7, 11) is 0. The van der Waals surface area contributed by atoms with Gasteiger partial charge in [0.1, 0.15) is 0 Å². The van der Waals surface area contributed by atoms with Gasteiger partial charge >= 0.3 is 0 Å². The first kappa shape index (κ1) is 15.1. The molecule has 0 heterocycles. The molecule has 0 amide bonds. The molecule has 0 aliphatic carbocycles. The van der Waals surface area contributed by atoms with Crippen molar-refractivity contribution >= 4 is 0 Å². The lowest BCUT2D eigenvalue weighted by Gasteiger charge is -2.18. The second-order valence-corrected chi connectivity index (χ2v) is 4.28. The molecule has 0 aliphatic rings. The average Bonchev–Trinajstić information content (AvgIpc) is 2.34. The van der Waals surface area contributed by atoms with Crippen LogP contribution < -0.4 is 5.32 Å². The van der Waals surface area contributed by atoms with Gasteiger partial charge in [-0.25, -0.2) is 8.78 Å². The van der Waals surface area contributed by atoms with E-state index in [-0.39, 0.29) is 6.04 Å². The molecule has 4 heteroatoms. The second kappa shape index (κ2) is 8.16. The Kier molecular flexibility index (Phi) is 6.83. The highest BCUT2D eigenvalue weighted by atomic mass is 19.2. The Morgan fingerprint density at radius 1 is 1.22 bits per heavy atom. The molecule has 102 valence electrons. The lowest BCUT2D eigenvalue weighted by Crippen LogP contribution is -2.35. The Hall–Kier alpha value is -1.00. The molecule has 1 aromatic carbocycles. The normalized spacial score (nSPS) is 12.7. The van der Waals surface area contributed by atoms with Crippen LogP contribution in [-0.2, 0) is 11.2 Å². The molecule has 0 saturated heterocycles. The van der Waals surface area contributed by atoms with E-state index in [0.717, 1.165) is 25.1 Å². The first-order valence-electron chi connectivity index (χ1n) is 6.42. The minimum Gasteiger partial charge on any atom is -0.380 e. The number of hydrogen-bond donors (Lipinski definition) is 1. The molecule has 1 aromatic rings. The number of likely N-dealkylation sites (N-methyl/N-ethyl adjacent to an activating group) is 1. The standard InChI is InChI=1S/C14H21F2NO/c1-3-7-18-10-12(17-4-2)8-11-5-6-13(15)14(16)9-11/h5-6,9,12,17H,3-4,7-8,10H2,1-2H3. The molecule has 0 fully saturated rings. The van der Waals surface area contributed by atoms with E-state index < -0.39 is 11.6 Å². The maximum absolute atomic E-state index is 13.1. The van der Waals surface area contributed by atoms with Gasteiger partial charge in [-0.1, -0.05) is 19.9 Å². The van der Waals surface area contributed by atoms with Crippen LogP contribution in [0, 0.1) is 11.6 Å². The van der Waals surface area contributed by atoms with E-state index in [1.807, 2.05) is 6.92 Å². The molecule has 1 N–H and O–H groups in total. The molecule has 18 heavy (non-hydrogen) atoms. The Morgan fingerprint density at radius 3 is 2.61 bits per heavy atom. The lowest BCUT2D eigenvalue weighted by molar-refractivity contribution is 0.112. The summed E-state index contributed by atoms with van der Waals surface area (Å²) < 4.78 is 31.4. The highest BCUT2D eigenvalue weighted by Gasteiger charge is 2.10. The van der Waals surface area contributed by atoms with Crippen molar-refractivity contribution in [2.24, 2.45) is 0 Å². The summed E-state index contributed by atoms with van der Waals surface area (Å²) in [6, 6.07) is 4.16. The van der Waals surface area contributed by atoms with Crippen molar-refractivity contribution in [1.82, 2.24) is 5.32 Å². The van der Waals surface area contributed by atoms with E-state index in [9.17, 15) is 8.78 Å². The molecule has 0 aliphatic heterocycles. The van der Waals surface area contributed by atoms with Gasteiger partial charge in [0.2, 0.25) is 0 Å². The first-order valence-corrected chi connectivity index (χ1v) is 6.42. The number of nitrogens with one attached hydrogen (secondary N) is 1. The van der Waals surface area contributed by atoms with Crippen LogP contribution >= 0.6 is 0 Å². The molecule has 1 rings (SSSR count). The SMILES string of the molecule is CCCOCC(Cc1ccc(F)c(F)c1)NCC. The molecule has 2 nitrogen and oxygen atoms in total. The van der Waals surface area contributed by atoms with Gasteiger partial charge < -0.3 is 10.1 Å². The van der Waals surface area contributed by atoms with Crippen molar-refractivity contribution in [3.8, 4) is 0 Å². The third kappa shape index (κ3) is 5.10. The van der Waals surface area contributed by atoms with E-state index in [0.29, 0.717) is 13.0 Å². The summed E-state index contributed by atoms with van der Waals surface area (Å²) in [5.41, 5.74) is 0.778. The van der Waals surface area contributed by atoms with Gasteiger partial charge in [-0.2, -0.15) is 0 Å². The van der Waals surface area contributed by atoms with Crippen LogP contribution in [0.3, 0.4) is 0 Å². The minimum absolute atomic E-state index is 0.131. The Bertz CT molecular complexity index is 358. The maximum Gasteiger partial charge on any atom is 0.159 e. The van der Waals surface area contributed by atoms with Crippen molar-refractivity contribution in [2.75, 3.05) is 19.8 Å². The quantitative estimate of drug-likeness (QED) is 0.723. The molecule has 0 aromatic heterocycles. The molecule has 0 saturated carbocycles. The molecule has 1 unspecified atom stereocenters. The number of halogens is 2. The monoisotopic (exact) mass is 257 g/mol. The summed E-state index contributed by atoms with van der Waals surface area (Å²) in [6.45, 7) is 6.19. The van der Waals surface area contributed by atoms with Gasteiger partial charge in [0, 0.05) is 12.6 Å². The smallest absolute Gasteiger partial charge is 0.159 e. The van der Waals surface area contributed by atoms with E-state index in [2.05, 4.69) is 12.2 Å². The topological polar surface area (TPSA) is 21.3 Å². The largest absolute Gasteiger partial charge is 0.380 e. The third-order valence-electron chi connectivity index (χ3n) is 2.63. The molecule has 0 radical (unpaired) electrons. The summed E-state index contributed by atoms with van der Waals surface area (Å²) in [5.74, 6) is -1.60. The molecule has 0 spiro atoms. The molecule has 1 atom stereocenters. The van der Waals surface area contributed by atoms with E-state index in [1.165, 1.54) is 12.1 Å².